The van der Waals surface area contributed by atoms with Crippen LogP contribution >= 0.6 is 23.2 Å². The maximum Gasteiger partial charge on any atom is 0.319 e. The molecule has 0 fully saturated rings. The molecule has 0 heterocycles. The van der Waals surface area contributed by atoms with Gasteiger partial charge >= 0.3 is 6.03 Å². The van der Waals surface area contributed by atoms with E-state index in [4.69, 9.17) is 28.5 Å². The molecule has 0 bridgehead atoms. The molecular weight excluding hydrogens is 351 g/mol. The van der Waals surface area contributed by atoms with Gasteiger partial charge in [-0.05, 0) is 42.5 Å². The van der Waals surface area contributed by atoms with Gasteiger partial charge < -0.3 is 16.0 Å². The molecule has 0 saturated carbocycles. The third-order valence-corrected chi connectivity index (χ3v) is 3.45. The predicted molar refractivity (Wildman–Crippen MR) is 93.3 cm³/mol. The molecule has 0 atom stereocenters. The van der Waals surface area contributed by atoms with E-state index in [1.54, 1.807) is 36.4 Å². The average Bonchev–Trinajstić information content (AvgIpc) is 2.57. The first kappa shape index (κ1) is 17.6. The monoisotopic (exact) mass is 362 g/mol. The minimum Gasteiger partial charge on any atom is -0.329 e. The Morgan fingerprint density at radius 2 is 1.75 bits per heavy atom. The molecule has 3 amide bonds. The number of nitriles is 1. The van der Waals surface area contributed by atoms with Crippen molar-refractivity contribution < 1.29 is 9.59 Å². The largest absolute Gasteiger partial charge is 0.329 e. The molecule has 0 unspecified atom stereocenters. The van der Waals surface area contributed by atoms with Crippen LogP contribution in [0.5, 0.6) is 0 Å². The van der Waals surface area contributed by atoms with Crippen molar-refractivity contribution in [2.45, 2.75) is 0 Å². The fraction of sp³-hybridized carbons (Fsp3) is 0.0625. The van der Waals surface area contributed by atoms with Crippen molar-refractivity contribution in [3.05, 3.63) is 58.1 Å². The molecular formula is C16H12Cl2N4O2. The van der Waals surface area contributed by atoms with E-state index in [0.717, 1.165) is 0 Å². The Hall–Kier alpha value is -2.75. The van der Waals surface area contributed by atoms with E-state index in [2.05, 4.69) is 16.0 Å². The van der Waals surface area contributed by atoms with Crippen LogP contribution in [-0.4, -0.2) is 18.5 Å². The molecule has 0 spiro atoms. The second kappa shape index (κ2) is 8.20. The molecule has 0 aliphatic rings. The zero-order chi connectivity index (χ0) is 17.5. The zero-order valence-electron chi connectivity index (χ0n) is 12.3. The van der Waals surface area contributed by atoms with Crippen LogP contribution < -0.4 is 16.0 Å². The number of urea groups is 1. The molecule has 3 N–H and O–H groups in total. The number of benzene rings is 2. The van der Waals surface area contributed by atoms with Crippen LogP contribution in [0.4, 0.5) is 16.2 Å². The van der Waals surface area contributed by atoms with E-state index >= 15 is 0 Å². The van der Waals surface area contributed by atoms with Crippen molar-refractivity contribution in [1.82, 2.24) is 5.32 Å². The Balaban J connectivity index is 1.83. The molecule has 2 rings (SSSR count). The van der Waals surface area contributed by atoms with E-state index in [0.29, 0.717) is 27.0 Å². The lowest BCUT2D eigenvalue weighted by molar-refractivity contribution is -0.115. The van der Waals surface area contributed by atoms with Gasteiger partial charge in [0.15, 0.2) is 0 Å². The molecule has 24 heavy (non-hydrogen) atoms. The summed E-state index contributed by atoms with van der Waals surface area (Å²) in [5, 5.41) is 17.0. The molecule has 2 aromatic rings. The number of nitrogens with zero attached hydrogens (tertiary/aromatic N) is 1. The number of carbonyl (C=O) groups is 2. The fourth-order valence-corrected chi connectivity index (χ4v) is 2.09. The summed E-state index contributed by atoms with van der Waals surface area (Å²) in [6, 6.07) is 12.4. The number of anilines is 2. The van der Waals surface area contributed by atoms with Crippen molar-refractivity contribution in [3.8, 4) is 6.07 Å². The van der Waals surface area contributed by atoms with Crippen LogP contribution in [0.15, 0.2) is 42.5 Å². The molecule has 8 heteroatoms. The van der Waals surface area contributed by atoms with Crippen molar-refractivity contribution >= 4 is 46.5 Å². The molecule has 0 aliphatic heterocycles. The topological polar surface area (TPSA) is 94.0 Å². The maximum absolute atomic E-state index is 11.8. The Morgan fingerprint density at radius 3 is 2.42 bits per heavy atom. The summed E-state index contributed by atoms with van der Waals surface area (Å²) in [4.78, 5) is 23.6. The molecule has 0 radical (unpaired) electrons. The van der Waals surface area contributed by atoms with Gasteiger partial charge in [-0.15, -0.1) is 0 Å². The van der Waals surface area contributed by atoms with E-state index in [1.165, 1.54) is 6.07 Å². The van der Waals surface area contributed by atoms with Gasteiger partial charge in [0, 0.05) is 10.7 Å². The second-order valence-corrected chi connectivity index (χ2v) is 5.51. The minimum atomic E-state index is -0.549. The normalized spacial score (nSPS) is 9.71. The summed E-state index contributed by atoms with van der Waals surface area (Å²) in [6.45, 7) is -0.245. The molecule has 0 aromatic heterocycles. The number of carbonyl (C=O) groups excluding carboxylic acids is 2. The Kier molecular flexibility index (Phi) is 6.01. The first-order chi connectivity index (χ1) is 11.5. The summed E-state index contributed by atoms with van der Waals surface area (Å²) in [6.07, 6.45) is 0. The van der Waals surface area contributed by atoms with Crippen LogP contribution in [0.25, 0.3) is 0 Å². The highest BCUT2D eigenvalue weighted by Gasteiger charge is 2.09. The zero-order valence-corrected chi connectivity index (χ0v) is 13.8. The third-order valence-electron chi connectivity index (χ3n) is 2.88. The lowest BCUT2D eigenvalue weighted by Gasteiger charge is -2.09. The van der Waals surface area contributed by atoms with Gasteiger partial charge in [-0.1, -0.05) is 23.2 Å². The van der Waals surface area contributed by atoms with Crippen LogP contribution in [0.1, 0.15) is 5.56 Å². The lowest BCUT2D eigenvalue weighted by atomic mass is 10.2. The predicted octanol–water partition coefficient (Wildman–Crippen LogP) is 3.63. The quantitative estimate of drug-likeness (QED) is 0.774. The molecule has 122 valence electrons. The third kappa shape index (κ3) is 5.16. The number of nitrogens with one attached hydrogen (secondary N) is 3. The van der Waals surface area contributed by atoms with Gasteiger partial charge in [-0.25, -0.2) is 4.79 Å². The molecule has 6 nitrogen and oxygen atoms in total. The standard InChI is InChI=1S/C16H12Cl2N4O2/c17-11-3-6-13(18)14(7-11)22-15(23)9-20-16(24)21-12-4-1-10(8-19)2-5-12/h1-7H,9H2,(H,22,23)(H2,20,21,24). The highest BCUT2D eigenvalue weighted by molar-refractivity contribution is 6.35. The fourth-order valence-electron chi connectivity index (χ4n) is 1.75. The number of rotatable bonds is 4. The Labute approximate surface area is 148 Å². The number of hydrogen-bond donors (Lipinski definition) is 3. The summed E-state index contributed by atoms with van der Waals surface area (Å²) < 4.78 is 0. The number of halogens is 2. The summed E-state index contributed by atoms with van der Waals surface area (Å²) in [7, 11) is 0. The van der Waals surface area contributed by atoms with Crippen molar-refractivity contribution in [2.75, 3.05) is 17.2 Å². The van der Waals surface area contributed by atoms with Crippen molar-refractivity contribution in [3.63, 3.8) is 0 Å². The Bertz CT molecular complexity index is 801. The highest BCUT2D eigenvalue weighted by atomic mass is 35.5. The van der Waals surface area contributed by atoms with E-state index in [1.807, 2.05) is 6.07 Å². The summed E-state index contributed by atoms with van der Waals surface area (Å²) in [5.41, 5.74) is 1.35. The van der Waals surface area contributed by atoms with Gasteiger partial charge in [0.2, 0.25) is 5.91 Å². The van der Waals surface area contributed by atoms with Gasteiger partial charge in [0.05, 0.1) is 28.9 Å². The van der Waals surface area contributed by atoms with Crippen molar-refractivity contribution in [2.24, 2.45) is 0 Å². The SMILES string of the molecule is N#Cc1ccc(NC(=O)NCC(=O)Nc2cc(Cl)ccc2Cl)cc1. The van der Waals surface area contributed by atoms with Crippen LogP contribution in [0, 0.1) is 11.3 Å². The smallest absolute Gasteiger partial charge is 0.319 e. The maximum atomic E-state index is 11.8. The van der Waals surface area contributed by atoms with Crippen LogP contribution in [-0.2, 0) is 4.79 Å². The van der Waals surface area contributed by atoms with Gasteiger partial charge in [-0.2, -0.15) is 5.26 Å². The molecule has 0 aliphatic carbocycles. The van der Waals surface area contributed by atoms with Gasteiger partial charge in [-0.3, -0.25) is 4.79 Å². The van der Waals surface area contributed by atoms with Crippen LogP contribution in [0.3, 0.4) is 0 Å². The van der Waals surface area contributed by atoms with E-state index in [-0.39, 0.29) is 6.54 Å². The summed E-state index contributed by atoms with van der Waals surface area (Å²) in [5.74, 6) is -0.450. The first-order valence-electron chi connectivity index (χ1n) is 6.78. The number of amides is 3. The van der Waals surface area contributed by atoms with Crippen LogP contribution in [0.2, 0.25) is 10.0 Å². The minimum absolute atomic E-state index is 0.245. The highest BCUT2D eigenvalue weighted by Crippen LogP contribution is 2.25. The summed E-state index contributed by atoms with van der Waals surface area (Å²) >= 11 is 11.8. The average molecular weight is 363 g/mol. The van der Waals surface area contributed by atoms with Crippen molar-refractivity contribution in [1.29, 1.82) is 5.26 Å². The second-order valence-electron chi connectivity index (χ2n) is 4.67. The van der Waals surface area contributed by atoms with Gasteiger partial charge in [0.25, 0.3) is 0 Å². The first-order valence-corrected chi connectivity index (χ1v) is 7.53. The molecule has 0 saturated heterocycles. The van der Waals surface area contributed by atoms with Gasteiger partial charge in [0.1, 0.15) is 0 Å². The number of hydrogen-bond acceptors (Lipinski definition) is 3. The molecule has 2 aromatic carbocycles. The van der Waals surface area contributed by atoms with E-state index < -0.39 is 11.9 Å². The Morgan fingerprint density at radius 1 is 1.04 bits per heavy atom. The van der Waals surface area contributed by atoms with E-state index in [9.17, 15) is 9.59 Å². The lowest BCUT2D eigenvalue weighted by Crippen LogP contribution is -2.35.